The second kappa shape index (κ2) is 8.07. The van der Waals surface area contributed by atoms with Crippen molar-refractivity contribution in [2.75, 3.05) is 6.54 Å². The summed E-state index contributed by atoms with van der Waals surface area (Å²) in [5.74, 6) is -0.272. The lowest BCUT2D eigenvalue weighted by atomic mass is 9.96. The van der Waals surface area contributed by atoms with Crippen LogP contribution in [0.5, 0.6) is 0 Å². The number of amides is 2. The van der Waals surface area contributed by atoms with Gasteiger partial charge in [-0.2, -0.15) is 0 Å². The van der Waals surface area contributed by atoms with E-state index in [0.717, 1.165) is 21.1 Å². The van der Waals surface area contributed by atoms with Gasteiger partial charge < -0.3 is 10.2 Å². The van der Waals surface area contributed by atoms with E-state index in [9.17, 15) is 9.59 Å². The standard InChI is InChI=1S/C23H22N2O2S/c1-2-25(15-16-8-4-3-5-9-16)23(27)17-12-13-21-19(14-17)24-22(26)18-10-6-7-11-20(18)28-21/h3-13,17H,2,14-15H2,1H3,(H,24,26). The molecule has 0 saturated carbocycles. The molecular formula is C23H22N2O2S. The summed E-state index contributed by atoms with van der Waals surface area (Å²) in [7, 11) is 0. The Hall–Kier alpha value is -2.79. The lowest BCUT2D eigenvalue weighted by Crippen LogP contribution is -2.37. The third-order valence-electron chi connectivity index (χ3n) is 5.04. The van der Waals surface area contributed by atoms with Gasteiger partial charge in [0.05, 0.1) is 11.5 Å². The fraction of sp³-hybridized carbons (Fsp3) is 0.217. The molecule has 1 aliphatic carbocycles. The Morgan fingerprint density at radius 1 is 1.14 bits per heavy atom. The zero-order valence-electron chi connectivity index (χ0n) is 15.7. The molecule has 28 heavy (non-hydrogen) atoms. The van der Waals surface area contributed by atoms with Crippen LogP contribution in [0.2, 0.25) is 0 Å². The minimum atomic E-state index is -0.260. The molecule has 1 N–H and O–H groups in total. The van der Waals surface area contributed by atoms with Gasteiger partial charge in [-0.3, -0.25) is 9.59 Å². The molecule has 4 nitrogen and oxygen atoms in total. The van der Waals surface area contributed by atoms with E-state index in [0.29, 0.717) is 25.1 Å². The molecule has 142 valence electrons. The highest BCUT2D eigenvalue weighted by atomic mass is 32.2. The average Bonchev–Trinajstić information content (AvgIpc) is 2.87. The van der Waals surface area contributed by atoms with Crippen LogP contribution in [0, 0.1) is 5.92 Å². The highest BCUT2D eigenvalue weighted by Gasteiger charge is 2.29. The first kappa shape index (κ1) is 18.6. The Morgan fingerprint density at radius 3 is 2.68 bits per heavy atom. The van der Waals surface area contributed by atoms with Crippen LogP contribution >= 0.6 is 11.8 Å². The summed E-state index contributed by atoms with van der Waals surface area (Å²) in [6.07, 6.45) is 4.47. The molecule has 2 aromatic carbocycles. The second-order valence-electron chi connectivity index (χ2n) is 6.90. The summed E-state index contributed by atoms with van der Waals surface area (Å²) >= 11 is 1.58. The van der Waals surface area contributed by atoms with Crippen molar-refractivity contribution in [1.29, 1.82) is 0 Å². The van der Waals surface area contributed by atoms with Crippen LogP contribution in [0.25, 0.3) is 0 Å². The largest absolute Gasteiger partial charge is 0.338 e. The molecule has 1 aliphatic heterocycles. The number of rotatable bonds is 4. The van der Waals surface area contributed by atoms with Crippen molar-refractivity contribution in [2.45, 2.75) is 24.8 Å². The molecule has 1 unspecified atom stereocenters. The zero-order chi connectivity index (χ0) is 19.5. The summed E-state index contributed by atoms with van der Waals surface area (Å²) < 4.78 is 0. The van der Waals surface area contributed by atoms with Gasteiger partial charge in [0.25, 0.3) is 5.91 Å². The van der Waals surface area contributed by atoms with Crippen LogP contribution in [0.3, 0.4) is 0 Å². The number of carbonyl (C=O) groups excluding carboxylic acids is 2. The lowest BCUT2D eigenvalue weighted by molar-refractivity contribution is -0.134. The molecule has 0 aromatic heterocycles. The van der Waals surface area contributed by atoms with E-state index >= 15 is 0 Å². The molecule has 0 spiro atoms. The Morgan fingerprint density at radius 2 is 1.89 bits per heavy atom. The van der Waals surface area contributed by atoms with Crippen LogP contribution < -0.4 is 5.32 Å². The van der Waals surface area contributed by atoms with Crippen LogP contribution in [0.4, 0.5) is 0 Å². The second-order valence-corrected chi connectivity index (χ2v) is 7.99. The normalized spacial score (nSPS) is 18.0. The van der Waals surface area contributed by atoms with Gasteiger partial charge in [0.15, 0.2) is 0 Å². The summed E-state index contributed by atoms with van der Waals surface area (Å²) in [5.41, 5.74) is 2.63. The number of fused-ring (bicyclic) bond motifs is 1. The van der Waals surface area contributed by atoms with E-state index in [1.165, 1.54) is 0 Å². The van der Waals surface area contributed by atoms with E-state index in [1.54, 1.807) is 11.8 Å². The van der Waals surface area contributed by atoms with Gasteiger partial charge in [-0.1, -0.05) is 60.3 Å². The number of nitrogens with one attached hydrogen (secondary N) is 1. The molecule has 0 fully saturated rings. The highest BCUT2D eigenvalue weighted by Crippen LogP contribution is 2.38. The molecule has 1 heterocycles. The average molecular weight is 391 g/mol. The van der Waals surface area contributed by atoms with E-state index in [-0.39, 0.29) is 17.7 Å². The van der Waals surface area contributed by atoms with Crippen LogP contribution in [0.1, 0.15) is 29.3 Å². The maximum absolute atomic E-state index is 13.1. The maximum atomic E-state index is 13.1. The van der Waals surface area contributed by atoms with Crippen LogP contribution in [-0.4, -0.2) is 23.3 Å². The lowest BCUT2D eigenvalue weighted by Gasteiger charge is -2.27. The summed E-state index contributed by atoms with van der Waals surface area (Å²) in [6.45, 7) is 3.24. The summed E-state index contributed by atoms with van der Waals surface area (Å²) in [4.78, 5) is 29.5. The third-order valence-corrected chi connectivity index (χ3v) is 6.22. The fourth-order valence-electron chi connectivity index (χ4n) is 3.52. The predicted octanol–water partition coefficient (Wildman–Crippen LogP) is 4.36. The van der Waals surface area contributed by atoms with Gasteiger partial charge in [0.1, 0.15) is 0 Å². The highest BCUT2D eigenvalue weighted by molar-refractivity contribution is 8.03. The molecule has 2 amide bonds. The first-order valence-electron chi connectivity index (χ1n) is 9.48. The molecule has 2 aromatic rings. The molecule has 2 aliphatic rings. The predicted molar refractivity (Wildman–Crippen MR) is 112 cm³/mol. The Kier molecular flexibility index (Phi) is 5.35. The number of benzene rings is 2. The van der Waals surface area contributed by atoms with Crippen molar-refractivity contribution in [1.82, 2.24) is 10.2 Å². The molecule has 0 bridgehead atoms. The fourth-order valence-corrected chi connectivity index (χ4v) is 4.58. The number of thioether (sulfide) groups is 1. The monoisotopic (exact) mass is 390 g/mol. The first-order valence-corrected chi connectivity index (χ1v) is 10.3. The van der Waals surface area contributed by atoms with Gasteiger partial charge in [-0.05, 0) is 30.7 Å². The molecule has 4 rings (SSSR count). The number of allylic oxidation sites excluding steroid dienone is 2. The Bertz CT molecular complexity index is 966. The molecule has 1 atom stereocenters. The van der Waals surface area contributed by atoms with Crippen molar-refractivity contribution in [3.8, 4) is 0 Å². The Balaban J connectivity index is 1.51. The third kappa shape index (κ3) is 3.76. The van der Waals surface area contributed by atoms with E-state index in [1.807, 2.05) is 78.6 Å². The summed E-state index contributed by atoms with van der Waals surface area (Å²) in [5, 5.41) is 3.03. The van der Waals surface area contributed by atoms with E-state index in [2.05, 4.69) is 5.32 Å². The van der Waals surface area contributed by atoms with Crippen LogP contribution in [0.15, 0.2) is 82.2 Å². The van der Waals surface area contributed by atoms with Crippen molar-refractivity contribution < 1.29 is 9.59 Å². The van der Waals surface area contributed by atoms with Crippen LogP contribution in [-0.2, 0) is 11.3 Å². The van der Waals surface area contributed by atoms with Crippen molar-refractivity contribution in [3.63, 3.8) is 0 Å². The van der Waals surface area contributed by atoms with E-state index in [4.69, 9.17) is 0 Å². The number of hydrogen-bond acceptors (Lipinski definition) is 3. The molecule has 0 saturated heterocycles. The van der Waals surface area contributed by atoms with Crippen molar-refractivity contribution >= 4 is 23.6 Å². The minimum Gasteiger partial charge on any atom is -0.338 e. The summed E-state index contributed by atoms with van der Waals surface area (Å²) in [6, 6.07) is 17.6. The van der Waals surface area contributed by atoms with E-state index < -0.39 is 0 Å². The molecule has 5 heteroatoms. The van der Waals surface area contributed by atoms with Gasteiger partial charge in [-0.25, -0.2) is 0 Å². The molecule has 0 radical (unpaired) electrons. The maximum Gasteiger partial charge on any atom is 0.256 e. The number of nitrogens with zero attached hydrogens (tertiary/aromatic N) is 1. The number of hydrogen-bond donors (Lipinski definition) is 1. The first-order chi connectivity index (χ1) is 13.7. The van der Waals surface area contributed by atoms with Gasteiger partial charge in [0.2, 0.25) is 5.91 Å². The molecular weight excluding hydrogens is 368 g/mol. The van der Waals surface area contributed by atoms with Crippen molar-refractivity contribution in [3.05, 3.63) is 88.5 Å². The zero-order valence-corrected chi connectivity index (χ0v) is 16.5. The van der Waals surface area contributed by atoms with Gasteiger partial charge in [-0.15, -0.1) is 0 Å². The minimum absolute atomic E-state index is 0.0927. The smallest absolute Gasteiger partial charge is 0.256 e. The topological polar surface area (TPSA) is 49.4 Å². The number of carbonyl (C=O) groups is 2. The van der Waals surface area contributed by atoms with Gasteiger partial charge >= 0.3 is 0 Å². The SMILES string of the molecule is CCN(Cc1ccccc1)C(=O)C1C=CC2=C(C1)NC(=O)c1ccccc1S2. The quantitative estimate of drug-likeness (QED) is 0.844. The Labute approximate surface area is 169 Å². The van der Waals surface area contributed by atoms with Gasteiger partial charge in [0, 0.05) is 35.0 Å². The van der Waals surface area contributed by atoms with Crippen molar-refractivity contribution in [2.24, 2.45) is 5.92 Å².